The Morgan fingerprint density at radius 3 is 2.72 bits per heavy atom. The quantitative estimate of drug-likeness (QED) is 0.330. The summed E-state index contributed by atoms with van der Waals surface area (Å²) in [5.74, 6) is -0.487. The Bertz CT molecular complexity index is 1170. The van der Waals surface area contributed by atoms with Gasteiger partial charge in [0, 0.05) is 18.3 Å². The van der Waals surface area contributed by atoms with Gasteiger partial charge in [-0.25, -0.2) is 9.18 Å². The van der Waals surface area contributed by atoms with Gasteiger partial charge in [0.2, 0.25) is 5.95 Å². The van der Waals surface area contributed by atoms with Gasteiger partial charge in [-0.05, 0) is 55.8 Å². The number of anilines is 2. The van der Waals surface area contributed by atoms with Crippen LogP contribution in [0.3, 0.4) is 0 Å². The third-order valence-electron chi connectivity index (χ3n) is 4.64. The number of urea groups is 1. The fourth-order valence-electron chi connectivity index (χ4n) is 2.96. The average molecular weight is 459 g/mol. The molecule has 2 aromatic carbocycles. The zero-order valence-electron chi connectivity index (χ0n) is 17.5. The van der Waals surface area contributed by atoms with Crippen LogP contribution < -0.4 is 27.2 Å². The molecule has 0 atom stereocenters. The molecule has 0 saturated heterocycles. The summed E-state index contributed by atoms with van der Waals surface area (Å²) in [4.78, 5) is 31.2. The molecule has 0 aliphatic carbocycles. The minimum absolute atomic E-state index is 0.0549. The summed E-state index contributed by atoms with van der Waals surface area (Å²) in [6, 6.07) is 9.11. The van der Waals surface area contributed by atoms with E-state index in [0.29, 0.717) is 41.5 Å². The van der Waals surface area contributed by atoms with Crippen molar-refractivity contribution in [1.82, 2.24) is 15.3 Å². The van der Waals surface area contributed by atoms with E-state index in [2.05, 4.69) is 25.9 Å². The van der Waals surface area contributed by atoms with Crippen LogP contribution in [0.25, 0.3) is 11.1 Å². The second-order valence-corrected chi connectivity index (χ2v) is 7.56. The zero-order valence-corrected chi connectivity index (χ0v) is 18.2. The summed E-state index contributed by atoms with van der Waals surface area (Å²) in [6.45, 7) is 3.51. The molecule has 0 aliphatic heterocycles. The molecular formula is C22H24ClFN6O2. The van der Waals surface area contributed by atoms with Crippen molar-refractivity contribution < 1.29 is 9.18 Å². The highest BCUT2D eigenvalue weighted by Gasteiger charge is 2.12. The third kappa shape index (κ3) is 6.13. The first kappa shape index (κ1) is 23.4. The van der Waals surface area contributed by atoms with Crippen molar-refractivity contribution in [3.8, 4) is 11.1 Å². The van der Waals surface area contributed by atoms with Crippen LogP contribution in [0.2, 0.25) is 5.02 Å². The first-order valence-electron chi connectivity index (χ1n) is 10.0. The van der Waals surface area contributed by atoms with Crippen LogP contribution in [-0.2, 0) is 6.54 Å². The Labute approximate surface area is 189 Å². The topological polar surface area (TPSA) is 125 Å². The maximum atomic E-state index is 14.4. The van der Waals surface area contributed by atoms with E-state index >= 15 is 0 Å². The van der Waals surface area contributed by atoms with Crippen LogP contribution in [0.15, 0.2) is 47.4 Å². The van der Waals surface area contributed by atoms with Gasteiger partial charge in [-0.2, -0.15) is 4.98 Å². The van der Waals surface area contributed by atoms with Crippen molar-refractivity contribution >= 4 is 29.3 Å². The lowest BCUT2D eigenvalue weighted by atomic mass is 10.1. The Balaban J connectivity index is 1.67. The number of amides is 2. The molecule has 168 valence electrons. The molecule has 1 heterocycles. The molecule has 10 heteroatoms. The lowest BCUT2D eigenvalue weighted by molar-refractivity contribution is 0.262. The Kier molecular flexibility index (Phi) is 7.93. The van der Waals surface area contributed by atoms with Gasteiger partial charge in [0.25, 0.3) is 5.56 Å². The van der Waals surface area contributed by atoms with E-state index in [0.717, 1.165) is 12.0 Å². The molecule has 6 N–H and O–H groups in total. The van der Waals surface area contributed by atoms with E-state index < -0.39 is 17.4 Å². The van der Waals surface area contributed by atoms with E-state index in [9.17, 15) is 14.0 Å². The fraction of sp³-hybridized carbons (Fsp3) is 0.227. The molecule has 0 unspecified atom stereocenters. The standard InChI is InChI=1S/C22H24ClFN6O2/c1-13-3-6-19(17(23)9-13)28-22(32)30-21-27-12-16(20(31)29-21)14-4-5-15(18(24)10-14)11-26-8-2-7-25/h3-6,9-10,12,26H,2,7-8,11,25H2,1H3,(H3,27,28,29,30,31,32). The maximum absolute atomic E-state index is 14.4. The second-order valence-electron chi connectivity index (χ2n) is 7.16. The molecule has 0 spiro atoms. The summed E-state index contributed by atoms with van der Waals surface area (Å²) in [5.41, 5.74) is 7.24. The van der Waals surface area contributed by atoms with E-state index in [4.69, 9.17) is 17.3 Å². The molecule has 0 saturated carbocycles. The number of nitrogens with two attached hydrogens (primary N) is 1. The van der Waals surface area contributed by atoms with Crippen LogP contribution in [-0.4, -0.2) is 29.1 Å². The number of H-pyrrole nitrogens is 1. The molecule has 1 aromatic heterocycles. The summed E-state index contributed by atoms with van der Waals surface area (Å²) in [5, 5.41) is 8.52. The SMILES string of the molecule is Cc1ccc(NC(=O)Nc2nc(=O)c(-c3ccc(CNCCCN)c(F)c3)c[nH]2)c(Cl)c1. The first-order chi connectivity index (χ1) is 15.4. The molecule has 0 aliphatic rings. The number of aryl methyl sites for hydroxylation is 1. The number of rotatable bonds is 8. The van der Waals surface area contributed by atoms with Crippen LogP contribution in [0.1, 0.15) is 17.5 Å². The van der Waals surface area contributed by atoms with Crippen LogP contribution in [0.5, 0.6) is 0 Å². The van der Waals surface area contributed by atoms with Crippen LogP contribution >= 0.6 is 11.6 Å². The predicted molar refractivity (Wildman–Crippen MR) is 124 cm³/mol. The van der Waals surface area contributed by atoms with Crippen molar-refractivity contribution in [2.24, 2.45) is 5.73 Å². The summed E-state index contributed by atoms with van der Waals surface area (Å²) in [6.07, 6.45) is 2.18. The van der Waals surface area contributed by atoms with Crippen molar-refractivity contribution in [2.75, 3.05) is 23.7 Å². The molecule has 0 radical (unpaired) electrons. The lowest BCUT2D eigenvalue weighted by Crippen LogP contribution is -2.23. The second kappa shape index (κ2) is 10.9. The largest absolute Gasteiger partial charge is 0.331 e. The van der Waals surface area contributed by atoms with Gasteiger partial charge in [-0.15, -0.1) is 0 Å². The Morgan fingerprint density at radius 1 is 1.22 bits per heavy atom. The fourth-order valence-corrected chi connectivity index (χ4v) is 3.24. The molecule has 0 bridgehead atoms. The molecule has 8 nitrogen and oxygen atoms in total. The van der Waals surface area contributed by atoms with Crippen molar-refractivity contribution in [3.05, 3.63) is 74.9 Å². The Morgan fingerprint density at radius 2 is 2.03 bits per heavy atom. The molecule has 3 aromatic rings. The van der Waals surface area contributed by atoms with Gasteiger partial charge >= 0.3 is 6.03 Å². The highest BCUT2D eigenvalue weighted by Crippen LogP contribution is 2.23. The third-order valence-corrected chi connectivity index (χ3v) is 4.95. The predicted octanol–water partition coefficient (Wildman–Crippen LogP) is 3.62. The monoisotopic (exact) mass is 458 g/mol. The summed E-state index contributed by atoms with van der Waals surface area (Å²) >= 11 is 6.10. The number of nitrogens with one attached hydrogen (secondary N) is 4. The number of halogens is 2. The summed E-state index contributed by atoms with van der Waals surface area (Å²) in [7, 11) is 0. The molecular weight excluding hydrogens is 435 g/mol. The zero-order chi connectivity index (χ0) is 23.1. The van der Waals surface area contributed by atoms with E-state index in [1.54, 1.807) is 30.3 Å². The number of nitrogens with zero attached hydrogens (tertiary/aromatic N) is 1. The van der Waals surface area contributed by atoms with Crippen molar-refractivity contribution in [2.45, 2.75) is 19.9 Å². The smallest absolute Gasteiger partial charge is 0.326 e. The number of hydrogen-bond acceptors (Lipinski definition) is 5. The lowest BCUT2D eigenvalue weighted by Gasteiger charge is -2.10. The van der Waals surface area contributed by atoms with E-state index in [1.807, 2.05) is 6.92 Å². The highest BCUT2D eigenvalue weighted by molar-refractivity contribution is 6.33. The minimum atomic E-state index is -0.621. The van der Waals surface area contributed by atoms with Crippen LogP contribution in [0, 0.1) is 12.7 Å². The van der Waals surface area contributed by atoms with Crippen LogP contribution in [0.4, 0.5) is 20.8 Å². The van der Waals surface area contributed by atoms with Gasteiger partial charge in [-0.3, -0.25) is 10.1 Å². The number of carbonyl (C=O) groups excluding carboxylic acids is 1. The molecule has 32 heavy (non-hydrogen) atoms. The molecule has 2 amide bonds. The average Bonchev–Trinajstić information content (AvgIpc) is 2.74. The molecule has 3 rings (SSSR count). The highest BCUT2D eigenvalue weighted by atomic mass is 35.5. The van der Waals surface area contributed by atoms with Gasteiger partial charge in [-0.1, -0.05) is 29.8 Å². The van der Waals surface area contributed by atoms with Gasteiger partial charge < -0.3 is 21.4 Å². The van der Waals surface area contributed by atoms with Gasteiger partial charge in [0.1, 0.15) is 5.82 Å². The van der Waals surface area contributed by atoms with Gasteiger partial charge in [0.05, 0.1) is 16.3 Å². The minimum Gasteiger partial charge on any atom is -0.331 e. The molecule has 0 fully saturated rings. The van der Waals surface area contributed by atoms with E-state index in [-0.39, 0.29) is 11.5 Å². The normalized spacial score (nSPS) is 10.8. The maximum Gasteiger partial charge on any atom is 0.326 e. The summed E-state index contributed by atoms with van der Waals surface area (Å²) < 4.78 is 14.4. The number of aromatic nitrogens is 2. The number of benzene rings is 2. The first-order valence-corrected chi connectivity index (χ1v) is 10.4. The Hall–Kier alpha value is -3.27. The van der Waals surface area contributed by atoms with E-state index in [1.165, 1.54) is 12.3 Å². The van der Waals surface area contributed by atoms with Crippen molar-refractivity contribution in [1.29, 1.82) is 0 Å². The van der Waals surface area contributed by atoms with Gasteiger partial charge in [0.15, 0.2) is 0 Å². The number of aromatic amines is 1. The van der Waals surface area contributed by atoms with Crippen molar-refractivity contribution in [3.63, 3.8) is 0 Å². The number of carbonyl (C=O) groups is 1. The number of hydrogen-bond donors (Lipinski definition) is 5.